The third-order valence-electron chi connectivity index (χ3n) is 4.97. The van der Waals surface area contributed by atoms with Crippen LogP contribution in [0.5, 0.6) is 0 Å². The van der Waals surface area contributed by atoms with Crippen molar-refractivity contribution in [2.45, 2.75) is 58.3 Å². The number of likely N-dealkylation sites (N-methyl/N-ethyl adjacent to an activating group) is 1. The van der Waals surface area contributed by atoms with Crippen LogP contribution in [0, 0.1) is 5.41 Å². The van der Waals surface area contributed by atoms with Gasteiger partial charge in [-0.2, -0.15) is 0 Å². The summed E-state index contributed by atoms with van der Waals surface area (Å²) in [6, 6.07) is 0.405. The van der Waals surface area contributed by atoms with E-state index < -0.39 is 0 Å². The van der Waals surface area contributed by atoms with E-state index in [0.29, 0.717) is 25.2 Å². The molecule has 0 aromatic carbocycles. The zero-order valence-corrected chi connectivity index (χ0v) is 13.9. The van der Waals surface area contributed by atoms with Gasteiger partial charge < -0.3 is 14.8 Å². The Kier molecular flexibility index (Phi) is 5.63. The second-order valence-corrected chi connectivity index (χ2v) is 6.87. The van der Waals surface area contributed by atoms with Gasteiger partial charge in [-0.1, -0.05) is 13.8 Å². The van der Waals surface area contributed by atoms with Gasteiger partial charge in [-0.3, -0.25) is 9.69 Å². The van der Waals surface area contributed by atoms with E-state index in [1.54, 1.807) is 0 Å². The molecule has 21 heavy (non-hydrogen) atoms. The number of nitrogens with one attached hydrogen (secondary N) is 1. The summed E-state index contributed by atoms with van der Waals surface area (Å²) in [6.07, 6.45) is 3.69. The third-order valence-corrected chi connectivity index (χ3v) is 4.97. The van der Waals surface area contributed by atoms with Gasteiger partial charge in [0, 0.05) is 31.2 Å². The van der Waals surface area contributed by atoms with Crippen molar-refractivity contribution in [3.8, 4) is 0 Å². The van der Waals surface area contributed by atoms with Crippen LogP contribution in [0.15, 0.2) is 0 Å². The first-order valence-corrected chi connectivity index (χ1v) is 8.15. The van der Waals surface area contributed by atoms with Gasteiger partial charge in [0.05, 0.1) is 18.8 Å². The van der Waals surface area contributed by atoms with E-state index in [-0.39, 0.29) is 17.4 Å². The lowest BCUT2D eigenvalue weighted by Crippen LogP contribution is -2.62. The number of hydrogen-bond donors (Lipinski definition) is 1. The summed E-state index contributed by atoms with van der Waals surface area (Å²) in [7, 11) is 2.03. The minimum absolute atomic E-state index is 0.0867. The maximum Gasteiger partial charge on any atom is 0.234 e. The molecule has 0 aromatic rings. The number of rotatable bonds is 7. The molecule has 2 aliphatic rings. The standard InChI is InChI=1S/C16H30N2O3/c1-5-20-14-9-13(16(14,2)3)18(4)11-15(19)17-10-12-7-6-8-21-12/h12-14H,5-11H2,1-4H3,(H,17,19)/t12-,13-,14-/m1/s1. The Balaban J connectivity index is 1.71. The Morgan fingerprint density at radius 1 is 1.48 bits per heavy atom. The SMILES string of the molecule is CCO[C@@H]1C[C@@H](N(C)CC(=O)NC[C@H]2CCCO2)C1(C)C. The molecular formula is C16H30N2O3. The Bertz CT molecular complexity index is 353. The second kappa shape index (κ2) is 7.07. The van der Waals surface area contributed by atoms with E-state index in [2.05, 4.69) is 24.1 Å². The molecule has 1 aliphatic heterocycles. The van der Waals surface area contributed by atoms with Gasteiger partial charge in [0.25, 0.3) is 0 Å². The molecule has 1 amide bonds. The lowest BCUT2D eigenvalue weighted by Gasteiger charge is -2.54. The van der Waals surface area contributed by atoms with Crippen LogP contribution in [0.3, 0.4) is 0 Å². The van der Waals surface area contributed by atoms with Crippen molar-refractivity contribution in [1.29, 1.82) is 0 Å². The van der Waals surface area contributed by atoms with Crippen molar-refractivity contribution >= 4 is 5.91 Å². The minimum atomic E-state index is 0.0867. The monoisotopic (exact) mass is 298 g/mol. The number of amides is 1. The molecule has 5 nitrogen and oxygen atoms in total. The normalized spacial score (nSPS) is 31.2. The maximum absolute atomic E-state index is 12.0. The molecule has 1 heterocycles. The quantitative estimate of drug-likeness (QED) is 0.772. The molecule has 1 saturated heterocycles. The highest BCUT2D eigenvalue weighted by molar-refractivity contribution is 5.78. The summed E-state index contributed by atoms with van der Waals surface area (Å²) in [5.74, 6) is 0.0867. The molecule has 1 N–H and O–H groups in total. The van der Waals surface area contributed by atoms with Crippen molar-refractivity contribution in [2.75, 3.05) is 33.4 Å². The highest BCUT2D eigenvalue weighted by Crippen LogP contribution is 2.45. The smallest absolute Gasteiger partial charge is 0.234 e. The summed E-state index contributed by atoms with van der Waals surface area (Å²) in [6.45, 7) is 9.15. The van der Waals surface area contributed by atoms with Gasteiger partial charge in [0.2, 0.25) is 5.91 Å². The zero-order chi connectivity index (χ0) is 15.5. The van der Waals surface area contributed by atoms with Crippen molar-refractivity contribution in [2.24, 2.45) is 5.41 Å². The molecule has 1 saturated carbocycles. The molecule has 0 aromatic heterocycles. The van der Waals surface area contributed by atoms with Gasteiger partial charge in [-0.05, 0) is 33.2 Å². The van der Waals surface area contributed by atoms with Crippen molar-refractivity contribution < 1.29 is 14.3 Å². The van der Waals surface area contributed by atoms with Crippen LogP contribution in [0.25, 0.3) is 0 Å². The van der Waals surface area contributed by atoms with Crippen LogP contribution >= 0.6 is 0 Å². The van der Waals surface area contributed by atoms with Crippen LogP contribution in [-0.2, 0) is 14.3 Å². The highest BCUT2D eigenvalue weighted by atomic mass is 16.5. The molecule has 0 unspecified atom stereocenters. The first-order chi connectivity index (χ1) is 9.95. The largest absolute Gasteiger partial charge is 0.378 e. The van der Waals surface area contributed by atoms with E-state index in [9.17, 15) is 4.79 Å². The number of nitrogens with zero attached hydrogens (tertiary/aromatic N) is 1. The fourth-order valence-corrected chi connectivity index (χ4v) is 3.52. The van der Waals surface area contributed by atoms with E-state index in [1.165, 1.54) is 0 Å². The Hall–Kier alpha value is -0.650. The topological polar surface area (TPSA) is 50.8 Å². The molecule has 0 radical (unpaired) electrons. The molecule has 3 atom stereocenters. The van der Waals surface area contributed by atoms with Gasteiger partial charge in [0.1, 0.15) is 0 Å². The van der Waals surface area contributed by atoms with Crippen LogP contribution in [0.1, 0.15) is 40.0 Å². The third kappa shape index (κ3) is 3.96. The summed E-state index contributed by atoms with van der Waals surface area (Å²) >= 11 is 0. The predicted octanol–water partition coefficient (Wildman–Crippen LogP) is 1.42. The van der Waals surface area contributed by atoms with Crippen molar-refractivity contribution in [1.82, 2.24) is 10.2 Å². The lowest BCUT2D eigenvalue weighted by molar-refractivity contribution is -0.150. The minimum Gasteiger partial charge on any atom is -0.378 e. The number of hydrogen-bond acceptors (Lipinski definition) is 4. The van der Waals surface area contributed by atoms with Crippen LogP contribution in [0.2, 0.25) is 0 Å². The Labute approximate surface area is 128 Å². The average Bonchev–Trinajstić information content (AvgIpc) is 2.93. The summed E-state index contributed by atoms with van der Waals surface area (Å²) < 4.78 is 11.3. The highest BCUT2D eigenvalue weighted by Gasteiger charge is 2.50. The average molecular weight is 298 g/mol. The predicted molar refractivity (Wildman–Crippen MR) is 82.2 cm³/mol. The Morgan fingerprint density at radius 2 is 2.24 bits per heavy atom. The maximum atomic E-state index is 12.0. The van der Waals surface area contributed by atoms with Crippen LogP contribution in [0.4, 0.5) is 0 Å². The van der Waals surface area contributed by atoms with E-state index in [4.69, 9.17) is 9.47 Å². The first-order valence-electron chi connectivity index (χ1n) is 8.15. The lowest BCUT2D eigenvalue weighted by atomic mass is 9.64. The fourth-order valence-electron chi connectivity index (χ4n) is 3.52. The number of carbonyl (C=O) groups excluding carboxylic acids is 1. The summed E-state index contributed by atoms with van der Waals surface area (Å²) in [4.78, 5) is 14.2. The Morgan fingerprint density at radius 3 is 2.81 bits per heavy atom. The molecule has 0 spiro atoms. The first kappa shape index (κ1) is 16.7. The van der Waals surface area contributed by atoms with Gasteiger partial charge in [0.15, 0.2) is 0 Å². The number of carbonyl (C=O) groups is 1. The molecular weight excluding hydrogens is 268 g/mol. The van der Waals surface area contributed by atoms with Crippen LogP contribution < -0.4 is 5.32 Å². The summed E-state index contributed by atoms with van der Waals surface area (Å²) in [5.41, 5.74) is 0.111. The molecule has 122 valence electrons. The van der Waals surface area contributed by atoms with E-state index in [0.717, 1.165) is 32.5 Å². The van der Waals surface area contributed by atoms with E-state index >= 15 is 0 Å². The number of ether oxygens (including phenoxy) is 2. The van der Waals surface area contributed by atoms with Crippen LogP contribution in [-0.4, -0.2) is 62.4 Å². The zero-order valence-electron chi connectivity index (χ0n) is 13.9. The molecule has 2 fully saturated rings. The van der Waals surface area contributed by atoms with E-state index in [1.807, 2.05) is 14.0 Å². The molecule has 2 rings (SSSR count). The fraction of sp³-hybridized carbons (Fsp3) is 0.938. The van der Waals surface area contributed by atoms with Crippen molar-refractivity contribution in [3.63, 3.8) is 0 Å². The molecule has 0 bridgehead atoms. The van der Waals surface area contributed by atoms with Gasteiger partial charge in [-0.25, -0.2) is 0 Å². The second-order valence-electron chi connectivity index (χ2n) is 6.87. The van der Waals surface area contributed by atoms with Crippen molar-refractivity contribution in [3.05, 3.63) is 0 Å². The van der Waals surface area contributed by atoms with Gasteiger partial charge >= 0.3 is 0 Å². The van der Waals surface area contributed by atoms with Gasteiger partial charge in [-0.15, -0.1) is 0 Å². The molecule has 5 heteroatoms. The summed E-state index contributed by atoms with van der Waals surface area (Å²) in [5, 5.41) is 2.99. The molecule has 1 aliphatic carbocycles.